The molecule has 0 aliphatic carbocycles. The third-order valence-electron chi connectivity index (χ3n) is 3.39. The molecule has 2 aromatic heterocycles. The van der Waals surface area contributed by atoms with Crippen molar-refractivity contribution in [2.24, 2.45) is 0 Å². The molecule has 7 nitrogen and oxygen atoms in total. The molecule has 1 amide bonds. The van der Waals surface area contributed by atoms with Crippen molar-refractivity contribution in [2.75, 3.05) is 11.9 Å². The minimum atomic E-state index is -1.18. The van der Waals surface area contributed by atoms with Gasteiger partial charge in [-0.3, -0.25) is 4.79 Å². The molecule has 0 radical (unpaired) electrons. The second-order valence-corrected chi connectivity index (χ2v) is 7.22. The lowest BCUT2D eigenvalue weighted by Crippen LogP contribution is -2.10. The zero-order valence-electron chi connectivity index (χ0n) is 13.4. The number of amides is 1. The van der Waals surface area contributed by atoms with Crippen LogP contribution in [0.4, 0.5) is 5.69 Å². The monoisotopic (exact) mass is 391 g/mol. The molecule has 0 fully saturated rings. The lowest BCUT2D eigenvalue weighted by Gasteiger charge is -2.04. The number of anilines is 1. The summed E-state index contributed by atoms with van der Waals surface area (Å²) in [6, 6.07) is 7.19. The Bertz CT molecular complexity index is 1020. The number of ether oxygens (including phenoxy) is 1. The van der Waals surface area contributed by atoms with Gasteiger partial charge in [0.05, 0.1) is 9.40 Å². The summed E-state index contributed by atoms with van der Waals surface area (Å²) in [6.45, 7) is 0.803. The molecular formula is C17H13NO6S2. The van der Waals surface area contributed by atoms with Crippen molar-refractivity contribution >= 4 is 55.6 Å². The number of rotatable bonds is 6. The summed E-state index contributed by atoms with van der Waals surface area (Å²) in [7, 11) is 0. The first-order valence-corrected chi connectivity index (χ1v) is 9.06. The van der Waals surface area contributed by atoms with E-state index in [0.717, 1.165) is 22.5 Å². The van der Waals surface area contributed by atoms with E-state index >= 15 is 0 Å². The fourth-order valence-electron chi connectivity index (χ4n) is 2.43. The highest BCUT2D eigenvalue weighted by Crippen LogP contribution is 2.47. The number of hydrogen-bond donors (Lipinski definition) is 3. The second-order valence-electron chi connectivity index (χ2n) is 5.32. The van der Waals surface area contributed by atoms with E-state index in [2.05, 4.69) is 5.32 Å². The normalized spacial score (nSPS) is 10.7. The summed E-state index contributed by atoms with van der Waals surface area (Å²) in [6.07, 6.45) is 0. The zero-order chi connectivity index (χ0) is 18.8. The highest BCUT2D eigenvalue weighted by Gasteiger charge is 2.24. The van der Waals surface area contributed by atoms with Gasteiger partial charge in [-0.25, -0.2) is 9.59 Å². The number of carbonyl (C=O) groups excluding carboxylic acids is 1. The number of carboxylic acid groups (broad SMARTS) is 2. The number of carbonyl (C=O) groups is 3. The second kappa shape index (κ2) is 7.14. The first-order chi connectivity index (χ1) is 12.4. The van der Waals surface area contributed by atoms with E-state index < -0.39 is 18.5 Å². The van der Waals surface area contributed by atoms with Gasteiger partial charge in [0.25, 0.3) is 0 Å². The molecule has 0 bridgehead atoms. The summed E-state index contributed by atoms with van der Waals surface area (Å²) < 4.78 is 6.52. The largest absolute Gasteiger partial charge is 0.479 e. The number of aromatic carboxylic acids is 1. The molecule has 134 valence electrons. The maximum atomic E-state index is 11.5. The molecular weight excluding hydrogens is 378 g/mol. The van der Waals surface area contributed by atoms with Crippen molar-refractivity contribution in [1.29, 1.82) is 0 Å². The maximum absolute atomic E-state index is 11.5. The van der Waals surface area contributed by atoms with E-state index in [1.165, 1.54) is 18.3 Å². The quantitative estimate of drug-likeness (QED) is 0.590. The summed E-state index contributed by atoms with van der Waals surface area (Å²) in [4.78, 5) is 33.5. The first-order valence-electron chi connectivity index (χ1n) is 7.36. The van der Waals surface area contributed by atoms with Crippen molar-refractivity contribution in [3.05, 3.63) is 34.5 Å². The summed E-state index contributed by atoms with van der Waals surface area (Å²) >= 11 is 2.32. The maximum Gasteiger partial charge on any atom is 0.349 e. The molecule has 1 aromatic carbocycles. The van der Waals surface area contributed by atoms with Crippen LogP contribution in [0.2, 0.25) is 0 Å². The van der Waals surface area contributed by atoms with Gasteiger partial charge in [0, 0.05) is 23.6 Å². The van der Waals surface area contributed by atoms with Crippen molar-refractivity contribution < 1.29 is 29.3 Å². The number of aliphatic carboxylic acids is 1. The van der Waals surface area contributed by atoms with Gasteiger partial charge in [-0.1, -0.05) is 12.1 Å². The molecule has 3 N–H and O–H groups in total. The van der Waals surface area contributed by atoms with Gasteiger partial charge in [0.15, 0.2) is 17.2 Å². The molecule has 0 saturated heterocycles. The van der Waals surface area contributed by atoms with Crippen LogP contribution in [0.3, 0.4) is 0 Å². The van der Waals surface area contributed by atoms with Crippen LogP contribution in [0.1, 0.15) is 16.6 Å². The van der Waals surface area contributed by atoms with Gasteiger partial charge >= 0.3 is 11.9 Å². The smallest absolute Gasteiger partial charge is 0.349 e. The Kier molecular flexibility index (Phi) is 4.92. The summed E-state index contributed by atoms with van der Waals surface area (Å²) in [5.41, 5.74) is 2.24. The standard InChI is InChI=1S/C17H13NO6S2/c1-8(19)18-10-4-2-3-9(5-10)11-7-25-15-13(24-6-12(20)21)16(17(22)23)26-14(11)15/h2-5,7H,6H2,1H3,(H,18,19)(H,20,21)(H,22,23). The van der Waals surface area contributed by atoms with Gasteiger partial charge in [0.1, 0.15) is 0 Å². The first kappa shape index (κ1) is 17.9. The van der Waals surface area contributed by atoms with Crippen LogP contribution in [0.5, 0.6) is 5.75 Å². The van der Waals surface area contributed by atoms with E-state index in [1.54, 1.807) is 18.2 Å². The Balaban J connectivity index is 2.08. The Morgan fingerprint density at radius 1 is 1.19 bits per heavy atom. The third-order valence-corrected chi connectivity index (χ3v) is 5.69. The molecule has 0 aliphatic heterocycles. The Morgan fingerprint density at radius 3 is 2.62 bits per heavy atom. The van der Waals surface area contributed by atoms with E-state index in [9.17, 15) is 19.5 Å². The molecule has 0 unspecified atom stereocenters. The van der Waals surface area contributed by atoms with Crippen molar-refractivity contribution in [3.63, 3.8) is 0 Å². The van der Waals surface area contributed by atoms with Gasteiger partial charge in [0.2, 0.25) is 5.91 Å². The number of carboxylic acids is 2. The molecule has 0 aliphatic rings. The van der Waals surface area contributed by atoms with Crippen LogP contribution in [-0.2, 0) is 9.59 Å². The number of benzene rings is 1. The van der Waals surface area contributed by atoms with Crippen molar-refractivity contribution in [3.8, 4) is 16.9 Å². The van der Waals surface area contributed by atoms with Crippen LogP contribution < -0.4 is 10.1 Å². The molecule has 0 saturated carbocycles. The van der Waals surface area contributed by atoms with Gasteiger partial charge in [-0.2, -0.15) is 0 Å². The SMILES string of the molecule is CC(=O)Nc1cccc(-c2csc3c(OCC(=O)O)c(C(=O)O)sc23)c1. The number of fused-ring (bicyclic) bond motifs is 1. The van der Waals surface area contributed by atoms with E-state index in [-0.39, 0.29) is 16.5 Å². The zero-order valence-corrected chi connectivity index (χ0v) is 15.1. The van der Waals surface area contributed by atoms with Gasteiger partial charge < -0.3 is 20.3 Å². The number of hydrogen-bond acceptors (Lipinski definition) is 6. The molecule has 9 heteroatoms. The Hall–Kier alpha value is -2.91. The predicted molar refractivity (Wildman–Crippen MR) is 99.5 cm³/mol. The van der Waals surface area contributed by atoms with Crippen molar-refractivity contribution in [2.45, 2.75) is 6.92 Å². The average Bonchev–Trinajstić information content (AvgIpc) is 3.11. The lowest BCUT2D eigenvalue weighted by atomic mass is 10.1. The summed E-state index contributed by atoms with van der Waals surface area (Å²) in [5, 5.41) is 22.8. The van der Waals surface area contributed by atoms with Crippen LogP contribution in [0.25, 0.3) is 20.5 Å². The minimum Gasteiger partial charge on any atom is -0.479 e. The summed E-state index contributed by atoms with van der Waals surface area (Å²) in [5.74, 6) is -2.46. The Labute approximate surface area is 155 Å². The minimum absolute atomic E-state index is 0.0348. The highest BCUT2D eigenvalue weighted by molar-refractivity contribution is 7.29. The molecule has 3 aromatic rings. The fourth-order valence-corrected chi connectivity index (χ4v) is 4.83. The fraction of sp³-hybridized carbons (Fsp3) is 0.118. The topological polar surface area (TPSA) is 113 Å². The highest BCUT2D eigenvalue weighted by atomic mass is 32.1. The van der Waals surface area contributed by atoms with Crippen LogP contribution in [0.15, 0.2) is 29.6 Å². The Morgan fingerprint density at radius 2 is 1.96 bits per heavy atom. The third kappa shape index (κ3) is 3.53. The number of thiophene rings is 2. The van der Waals surface area contributed by atoms with Gasteiger partial charge in [-0.15, -0.1) is 22.7 Å². The number of nitrogens with one attached hydrogen (secondary N) is 1. The predicted octanol–water partition coefficient (Wildman–Crippen LogP) is 3.75. The average molecular weight is 391 g/mol. The van der Waals surface area contributed by atoms with Gasteiger partial charge in [-0.05, 0) is 17.7 Å². The van der Waals surface area contributed by atoms with E-state index in [0.29, 0.717) is 15.1 Å². The van der Waals surface area contributed by atoms with Crippen LogP contribution in [-0.4, -0.2) is 34.7 Å². The molecule has 3 rings (SSSR count). The molecule has 2 heterocycles. The van der Waals surface area contributed by atoms with E-state index in [1.807, 2.05) is 11.4 Å². The molecule has 26 heavy (non-hydrogen) atoms. The van der Waals surface area contributed by atoms with Crippen molar-refractivity contribution in [1.82, 2.24) is 0 Å². The lowest BCUT2D eigenvalue weighted by molar-refractivity contribution is -0.139. The van der Waals surface area contributed by atoms with Crippen LogP contribution >= 0.6 is 22.7 Å². The van der Waals surface area contributed by atoms with E-state index in [4.69, 9.17) is 9.84 Å². The molecule has 0 spiro atoms. The molecule has 0 atom stereocenters. The van der Waals surface area contributed by atoms with Crippen LogP contribution in [0, 0.1) is 0 Å².